The standard InChI is InChI=1S/C10H12O3S.K/c11-14(12,13)10-7-3-5-8-4-1-2-6-9(8)10;/h1-2,4,6,10H,3,5,7H2,(H,11,12,13);/q;+1/p-1. The molecular weight excluding hydrogens is 239 g/mol. The molecule has 0 amide bonds. The molecule has 0 bridgehead atoms. The molecule has 1 aromatic rings. The van der Waals surface area contributed by atoms with Crippen LogP contribution in [-0.2, 0) is 16.5 Å². The minimum Gasteiger partial charge on any atom is -0.747 e. The number of hydrogen-bond donors (Lipinski definition) is 0. The van der Waals surface area contributed by atoms with Crippen LogP contribution in [-0.4, -0.2) is 13.0 Å². The van der Waals surface area contributed by atoms with Crippen molar-refractivity contribution in [2.24, 2.45) is 0 Å². The SMILES string of the molecule is O=S(=O)([O-])C1CCCc2ccccc21.[K+]. The van der Waals surface area contributed by atoms with Gasteiger partial charge in [0.05, 0.1) is 5.25 Å². The summed E-state index contributed by atoms with van der Waals surface area (Å²) in [6.45, 7) is 0. The minimum atomic E-state index is -4.19. The molecule has 0 aliphatic heterocycles. The first-order valence-corrected chi connectivity index (χ1v) is 6.08. The van der Waals surface area contributed by atoms with E-state index in [1.54, 1.807) is 12.1 Å². The van der Waals surface area contributed by atoms with Crippen LogP contribution < -0.4 is 51.4 Å². The van der Waals surface area contributed by atoms with E-state index in [4.69, 9.17) is 0 Å². The Kier molecular flexibility index (Phi) is 4.98. The molecule has 0 spiro atoms. The predicted molar refractivity (Wildman–Crippen MR) is 51.8 cm³/mol. The molecule has 3 nitrogen and oxygen atoms in total. The van der Waals surface area contributed by atoms with Crippen molar-refractivity contribution in [1.82, 2.24) is 0 Å². The second-order valence-electron chi connectivity index (χ2n) is 3.57. The van der Waals surface area contributed by atoms with Crippen molar-refractivity contribution in [3.05, 3.63) is 35.4 Å². The summed E-state index contributed by atoms with van der Waals surface area (Å²) in [5.41, 5.74) is 1.71. The van der Waals surface area contributed by atoms with E-state index in [2.05, 4.69) is 0 Å². The van der Waals surface area contributed by atoms with Crippen LogP contribution in [0.15, 0.2) is 24.3 Å². The maximum absolute atomic E-state index is 11.0. The maximum atomic E-state index is 11.0. The smallest absolute Gasteiger partial charge is 0.747 e. The van der Waals surface area contributed by atoms with Crippen molar-refractivity contribution in [3.63, 3.8) is 0 Å². The third-order valence-corrected chi connectivity index (χ3v) is 3.85. The van der Waals surface area contributed by atoms with Crippen molar-refractivity contribution >= 4 is 10.1 Å². The van der Waals surface area contributed by atoms with Gasteiger partial charge < -0.3 is 4.55 Å². The summed E-state index contributed by atoms with van der Waals surface area (Å²) in [5, 5.41) is -0.826. The Labute approximate surface area is 132 Å². The normalized spacial score (nSPS) is 20.2. The van der Waals surface area contributed by atoms with Gasteiger partial charge in [0.25, 0.3) is 0 Å². The van der Waals surface area contributed by atoms with Crippen LogP contribution in [0.5, 0.6) is 0 Å². The van der Waals surface area contributed by atoms with Gasteiger partial charge in [-0.1, -0.05) is 24.3 Å². The Morgan fingerprint density at radius 1 is 1.27 bits per heavy atom. The van der Waals surface area contributed by atoms with E-state index < -0.39 is 15.4 Å². The number of benzene rings is 1. The first-order valence-electron chi connectivity index (χ1n) is 4.61. The largest absolute Gasteiger partial charge is 1.00 e. The topological polar surface area (TPSA) is 57.2 Å². The molecule has 1 unspecified atom stereocenters. The van der Waals surface area contributed by atoms with Crippen LogP contribution in [0.2, 0.25) is 0 Å². The fourth-order valence-corrected chi connectivity index (χ4v) is 3.01. The number of rotatable bonds is 1. The second kappa shape index (κ2) is 5.40. The number of fused-ring (bicyclic) bond motifs is 1. The van der Waals surface area contributed by atoms with Gasteiger partial charge in [-0.25, -0.2) is 8.42 Å². The van der Waals surface area contributed by atoms with Crippen molar-refractivity contribution < 1.29 is 64.4 Å². The Morgan fingerprint density at radius 2 is 1.93 bits per heavy atom. The molecule has 1 aromatic carbocycles. The fourth-order valence-electron chi connectivity index (χ4n) is 2.01. The number of aryl methyl sites for hydroxylation is 1. The summed E-state index contributed by atoms with van der Waals surface area (Å²) in [4.78, 5) is 0. The summed E-state index contributed by atoms with van der Waals surface area (Å²) in [5.74, 6) is 0. The maximum Gasteiger partial charge on any atom is 1.00 e. The zero-order valence-corrected chi connectivity index (χ0v) is 12.6. The average molecular weight is 250 g/mol. The molecule has 0 N–H and O–H groups in total. The van der Waals surface area contributed by atoms with Gasteiger partial charge in [-0.2, -0.15) is 0 Å². The first-order chi connectivity index (χ1) is 6.59. The fraction of sp³-hybridized carbons (Fsp3) is 0.400. The summed E-state index contributed by atoms with van der Waals surface area (Å²) in [7, 11) is -4.19. The molecule has 0 saturated heterocycles. The molecule has 1 aliphatic rings. The summed E-state index contributed by atoms with van der Waals surface area (Å²) < 4.78 is 33.0. The van der Waals surface area contributed by atoms with E-state index in [0.29, 0.717) is 12.0 Å². The molecule has 5 heteroatoms. The Bertz CT molecular complexity index is 442. The first kappa shape index (κ1) is 13.8. The van der Waals surface area contributed by atoms with Gasteiger partial charge in [0.15, 0.2) is 0 Å². The van der Waals surface area contributed by atoms with Gasteiger partial charge >= 0.3 is 51.4 Å². The average Bonchev–Trinajstić information content (AvgIpc) is 2.15. The third kappa shape index (κ3) is 3.12. The van der Waals surface area contributed by atoms with Crippen LogP contribution in [0, 0.1) is 0 Å². The van der Waals surface area contributed by atoms with E-state index in [-0.39, 0.29) is 51.4 Å². The van der Waals surface area contributed by atoms with E-state index in [1.807, 2.05) is 12.1 Å². The van der Waals surface area contributed by atoms with E-state index in [0.717, 1.165) is 18.4 Å². The van der Waals surface area contributed by atoms with E-state index in [9.17, 15) is 13.0 Å². The molecule has 0 saturated carbocycles. The number of hydrogen-bond acceptors (Lipinski definition) is 3. The molecule has 1 aliphatic carbocycles. The molecule has 0 radical (unpaired) electrons. The Balaban J connectivity index is 0.00000112. The van der Waals surface area contributed by atoms with Crippen molar-refractivity contribution in [2.75, 3.05) is 0 Å². The van der Waals surface area contributed by atoms with Crippen LogP contribution >= 0.6 is 0 Å². The summed E-state index contributed by atoms with van der Waals surface area (Å²) >= 11 is 0. The molecule has 0 aromatic heterocycles. The third-order valence-electron chi connectivity index (χ3n) is 2.66. The summed E-state index contributed by atoms with van der Waals surface area (Å²) in [6.07, 6.45) is 2.12. The summed E-state index contributed by atoms with van der Waals surface area (Å²) in [6, 6.07) is 7.29. The van der Waals surface area contributed by atoms with E-state index in [1.165, 1.54) is 0 Å². The predicted octanol–water partition coefficient (Wildman–Crippen LogP) is -1.39. The van der Waals surface area contributed by atoms with Gasteiger partial charge in [0, 0.05) is 0 Å². The quantitative estimate of drug-likeness (QED) is 0.456. The van der Waals surface area contributed by atoms with Crippen LogP contribution in [0.3, 0.4) is 0 Å². The van der Waals surface area contributed by atoms with Gasteiger partial charge in [-0.3, -0.25) is 0 Å². The molecule has 1 atom stereocenters. The van der Waals surface area contributed by atoms with Crippen LogP contribution in [0.25, 0.3) is 0 Å². The van der Waals surface area contributed by atoms with Gasteiger partial charge in [-0.15, -0.1) is 0 Å². The second-order valence-corrected chi connectivity index (χ2v) is 5.13. The zero-order valence-electron chi connectivity index (χ0n) is 8.64. The van der Waals surface area contributed by atoms with Crippen LogP contribution in [0.1, 0.15) is 29.2 Å². The molecule has 0 fully saturated rings. The minimum absolute atomic E-state index is 0. The molecule has 2 rings (SSSR count). The molecule has 0 heterocycles. The Hall–Kier alpha value is 0.766. The monoisotopic (exact) mass is 250 g/mol. The van der Waals surface area contributed by atoms with Gasteiger partial charge in [0.1, 0.15) is 10.1 Å². The molecular formula is C10H11KO3S. The molecule has 15 heavy (non-hydrogen) atoms. The van der Waals surface area contributed by atoms with Gasteiger partial charge in [0.2, 0.25) is 0 Å². The Morgan fingerprint density at radius 3 is 2.60 bits per heavy atom. The van der Waals surface area contributed by atoms with Crippen molar-refractivity contribution in [3.8, 4) is 0 Å². The van der Waals surface area contributed by atoms with Gasteiger partial charge in [-0.05, 0) is 30.4 Å². The molecule has 76 valence electrons. The van der Waals surface area contributed by atoms with Crippen molar-refractivity contribution in [2.45, 2.75) is 24.5 Å². The van der Waals surface area contributed by atoms with Crippen molar-refractivity contribution in [1.29, 1.82) is 0 Å². The van der Waals surface area contributed by atoms with E-state index >= 15 is 0 Å². The zero-order chi connectivity index (χ0) is 10.2. The van der Waals surface area contributed by atoms with Crippen LogP contribution in [0.4, 0.5) is 0 Å².